The van der Waals surface area contributed by atoms with Crippen LogP contribution >= 0.6 is 0 Å². The maximum Gasteiger partial charge on any atom is 0.339 e. The second-order valence-electron chi connectivity index (χ2n) is 4.43. The van der Waals surface area contributed by atoms with E-state index in [0.29, 0.717) is 5.70 Å². The molecule has 0 bridgehead atoms. The van der Waals surface area contributed by atoms with Gasteiger partial charge in [0.2, 0.25) is 5.91 Å². The van der Waals surface area contributed by atoms with Crippen molar-refractivity contribution in [3.8, 4) is 0 Å². The molecule has 1 unspecified atom stereocenters. The van der Waals surface area contributed by atoms with Crippen molar-refractivity contribution < 1.29 is 23.9 Å². The standard InChI is InChI=1S/C15H19NO5/c1-4-21-14(18)9-13(17)16-12-8-6-10(2)5-7-11(12)15(19)20-3/h5-8,10H,4,9H2,1-3H3,(H,16,17). The van der Waals surface area contributed by atoms with Crippen LogP contribution in [0.25, 0.3) is 0 Å². The molecule has 0 aromatic rings. The van der Waals surface area contributed by atoms with E-state index < -0.39 is 24.3 Å². The molecule has 0 saturated carbocycles. The van der Waals surface area contributed by atoms with Crippen molar-refractivity contribution >= 4 is 17.8 Å². The topological polar surface area (TPSA) is 81.7 Å². The Morgan fingerprint density at radius 2 is 1.90 bits per heavy atom. The largest absolute Gasteiger partial charge is 0.466 e. The van der Waals surface area contributed by atoms with E-state index >= 15 is 0 Å². The van der Waals surface area contributed by atoms with Gasteiger partial charge in [-0.1, -0.05) is 19.1 Å². The van der Waals surface area contributed by atoms with Gasteiger partial charge in [-0.2, -0.15) is 0 Å². The molecule has 1 aliphatic rings. The molecule has 1 amide bonds. The van der Waals surface area contributed by atoms with Gasteiger partial charge in [0.25, 0.3) is 0 Å². The van der Waals surface area contributed by atoms with Crippen molar-refractivity contribution in [2.24, 2.45) is 5.92 Å². The number of carbonyl (C=O) groups excluding carboxylic acids is 3. The molecule has 21 heavy (non-hydrogen) atoms. The highest BCUT2D eigenvalue weighted by atomic mass is 16.5. The highest BCUT2D eigenvalue weighted by Crippen LogP contribution is 2.15. The van der Waals surface area contributed by atoms with E-state index in [4.69, 9.17) is 4.74 Å². The lowest BCUT2D eigenvalue weighted by molar-refractivity contribution is -0.145. The lowest BCUT2D eigenvalue weighted by Crippen LogP contribution is -2.27. The molecule has 6 heteroatoms. The van der Waals surface area contributed by atoms with Gasteiger partial charge < -0.3 is 14.8 Å². The van der Waals surface area contributed by atoms with Gasteiger partial charge in [0.1, 0.15) is 6.42 Å². The number of ether oxygens (including phenoxy) is 2. The van der Waals surface area contributed by atoms with Crippen LogP contribution < -0.4 is 5.32 Å². The van der Waals surface area contributed by atoms with Crippen molar-refractivity contribution in [3.63, 3.8) is 0 Å². The van der Waals surface area contributed by atoms with E-state index in [1.807, 2.05) is 19.1 Å². The summed E-state index contributed by atoms with van der Waals surface area (Å²) in [6, 6.07) is 0. The molecule has 0 aromatic carbocycles. The number of nitrogens with one attached hydrogen (secondary N) is 1. The lowest BCUT2D eigenvalue weighted by Gasteiger charge is -2.09. The Hall–Kier alpha value is -2.37. The molecule has 1 atom stereocenters. The summed E-state index contributed by atoms with van der Waals surface area (Å²) in [5, 5.41) is 2.54. The highest BCUT2D eigenvalue weighted by Gasteiger charge is 2.18. The fourth-order valence-electron chi connectivity index (χ4n) is 1.67. The predicted molar refractivity (Wildman–Crippen MR) is 75.9 cm³/mol. The Balaban J connectivity index is 2.89. The van der Waals surface area contributed by atoms with Gasteiger partial charge in [-0.15, -0.1) is 0 Å². The van der Waals surface area contributed by atoms with E-state index in [0.717, 1.165) is 0 Å². The van der Waals surface area contributed by atoms with Crippen molar-refractivity contribution in [1.29, 1.82) is 0 Å². The van der Waals surface area contributed by atoms with E-state index in [9.17, 15) is 14.4 Å². The predicted octanol–water partition coefficient (Wildman–Crippen LogP) is 1.25. The molecule has 0 spiro atoms. The van der Waals surface area contributed by atoms with Gasteiger partial charge in [0, 0.05) is 0 Å². The van der Waals surface area contributed by atoms with Crippen LogP contribution in [-0.2, 0) is 23.9 Å². The Bertz CT molecular complexity index is 516. The molecule has 6 nitrogen and oxygen atoms in total. The molecule has 1 N–H and O–H groups in total. The Labute approximate surface area is 123 Å². The van der Waals surface area contributed by atoms with Gasteiger partial charge in [0.15, 0.2) is 0 Å². The van der Waals surface area contributed by atoms with Crippen LogP contribution in [0.15, 0.2) is 35.6 Å². The molecule has 1 rings (SSSR count). The molecule has 0 aromatic heterocycles. The number of methoxy groups -OCH3 is 1. The average molecular weight is 293 g/mol. The number of esters is 2. The average Bonchev–Trinajstić information content (AvgIpc) is 2.60. The molecule has 0 radical (unpaired) electrons. The van der Waals surface area contributed by atoms with Crippen LogP contribution in [-0.4, -0.2) is 31.6 Å². The van der Waals surface area contributed by atoms with Gasteiger partial charge in [-0.05, 0) is 25.0 Å². The first-order chi connectivity index (χ1) is 9.97. The summed E-state index contributed by atoms with van der Waals surface area (Å²) in [6.45, 7) is 3.81. The normalized spacial score (nSPS) is 17.2. The summed E-state index contributed by atoms with van der Waals surface area (Å²) in [5.74, 6) is -1.60. The zero-order chi connectivity index (χ0) is 15.8. The number of carbonyl (C=O) groups is 3. The summed E-state index contributed by atoms with van der Waals surface area (Å²) >= 11 is 0. The summed E-state index contributed by atoms with van der Waals surface area (Å²) in [7, 11) is 1.26. The second kappa shape index (κ2) is 8.04. The monoisotopic (exact) mass is 293 g/mol. The molecule has 0 aliphatic heterocycles. The minimum atomic E-state index is -0.614. The molecule has 114 valence electrons. The number of hydrogen-bond donors (Lipinski definition) is 1. The minimum absolute atomic E-state index is 0.115. The van der Waals surface area contributed by atoms with E-state index in [-0.39, 0.29) is 18.1 Å². The lowest BCUT2D eigenvalue weighted by atomic mass is 10.1. The summed E-state index contributed by atoms with van der Waals surface area (Å²) < 4.78 is 9.39. The molecular formula is C15H19NO5. The maximum atomic E-state index is 11.8. The van der Waals surface area contributed by atoms with E-state index in [1.54, 1.807) is 19.1 Å². The van der Waals surface area contributed by atoms with Crippen LogP contribution in [0.4, 0.5) is 0 Å². The number of rotatable bonds is 5. The maximum absolute atomic E-state index is 11.8. The third-order valence-electron chi connectivity index (χ3n) is 2.71. The molecule has 0 fully saturated rings. The first-order valence-corrected chi connectivity index (χ1v) is 6.62. The first-order valence-electron chi connectivity index (χ1n) is 6.62. The van der Waals surface area contributed by atoms with Crippen LogP contribution in [0.5, 0.6) is 0 Å². The fraction of sp³-hybridized carbons (Fsp3) is 0.400. The third kappa shape index (κ3) is 5.25. The SMILES string of the molecule is CCOC(=O)CC(=O)NC1=C(C(=O)OC)C=CC(C)C=C1. The molecule has 1 aliphatic carbocycles. The van der Waals surface area contributed by atoms with Gasteiger partial charge >= 0.3 is 11.9 Å². The van der Waals surface area contributed by atoms with Crippen molar-refractivity contribution in [2.45, 2.75) is 20.3 Å². The van der Waals surface area contributed by atoms with Crippen LogP contribution in [0.1, 0.15) is 20.3 Å². The minimum Gasteiger partial charge on any atom is -0.466 e. The summed E-state index contributed by atoms with van der Waals surface area (Å²) in [6.07, 6.45) is 6.45. The van der Waals surface area contributed by atoms with Crippen LogP contribution in [0, 0.1) is 5.92 Å². The molecule has 0 saturated heterocycles. The van der Waals surface area contributed by atoms with Gasteiger partial charge in [0.05, 0.1) is 25.0 Å². The zero-order valence-electron chi connectivity index (χ0n) is 12.3. The number of allylic oxidation sites excluding steroid dienone is 3. The third-order valence-corrected chi connectivity index (χ3v) is 2.71. The van der Waals surface area contributed by atoms with Crippen molar-refractivity contribution in [3.05, 3.63) is 35.6 Å². The van der Waals surface area contributed by atoms with Gasteiger partial charge in [-0.3, -0.25) is 9.59 Å². The van der Waals surface area contributed by atoms with Crippen molar-refractivity contribution in [2.75, 3.05) is 13.7 Å². The Morgan fingerprint density at radius 1 is 1.24 bits per heavy atom. The zero-order valence-corrected chi connectivity index (χ0v) is 12.3. The quantitative estimate of drug-likeness (QED) is 0.609. The Morgan fingerprint density at radius 3 is 2.52 bits per heavy atom. The second-order valence-corrected chi connectivity index (χ2v) is 4.43. The molecular weight excluding hydrogens is 274 g/mol. The van der Waals surface area contributed by atoms with Gasteiger partial charge in [-0.25, -0.2) is 4.79 Å². The smallest absolute Gasteiger partial charge is 0.339 e. The molecule has 0 heterocycles. The van der Waals surface area contributed by atoms with Crippen LogP contribution in [0.3, 0.4) is 0 Å². The summed E-state index contributed by atoms with van der Waals surface area (Å²) in [4.78, 5) is 34.8. The number of hydrogen-bond acceptors (Lipinski definition) is 5. The van der Waals surface area contributed by atoms with E-state index in [1.165, 1.54) is 7.11 Å². The number of amides is 1. The van der Waals surface area contributed by atoms with Crippen LogP contribution in [0.2, 0.25) is 0 Å². The fourth-order valence-corrected chi connectivity index (χ4v) is 1.67. The summed E-state index contributed by atoms with van der Waals surface area (Å²) in [5.41, 5.74) is 0.534. The first kappa shape index (κ1) is 16.7. The van der Waals surface area contributed by atoms with Crippen molar-refractivity contribution in [1.82, 2.24) is 5.32 Å². The van der Waals surface area contributed by atoms with E-state index in [2.05, 4.69) is 10.1 Å². The Kier molecular flexibility index (Phi) is 6.39. The highest BCUT2D eigenvalue weighted by molar-refractivity contribution is 5.98.